The summed E-state index contributed by atoms with van der Waals surface area (Å²) in [5, 5.41) is 0. The van der Waals surface area contributed by atoms with Gasteiger partial charge in [0, 0.05) is 6.20 Å². The molecule has 3 nitrogen and oxygen atoms in total. The highest BCUT2D eigenvalue weighted by Crippen LogP contribution is 2.41. The average molecular weight is 240 g/mol. The third-order valence-corrected chi connectivity index (χ3v) is 2.18. The van der Waals surface area contributed by atoms with Crippen LogP contribution in [0.15, 0.2) is 12.3 Å². The van der Waals surface area contributed by atoms with Crippen LogP contribution in [0.3, 0.4) is 0 Å². The summed E-state index contributed by atoms with van der Waals surface area (Å²) in [6.07, 6.45) is -2.04. The fourth-order valence-electron chi connectivity index (χ4n) is 1.11. The van der Waals surface area contributed by atoms with Gasteiger partial charge in [-0.25, -0.2) is 9.97 Å². The predicted octanol–water partition coefficient (Wildman–Crippen LogP) is 1.86. The number of hydrogen-bond donors (Lipinski definition) is 1. The zero-order chi connectivity index (χ0) is 10.4. The van der Waals surface area contributed by atoms with Gasteiger partial charge in [0.15, 0.2) is 0 Å². The molecule has 0 radical (unpaired) electrons. The molecule has 1 saturated carbocycles. The zero-order valence-electron chi connectivity index (χ0n) is 7.58. The maximum absolute atomic E-state index is 12.2. The van der Waals surface area contributed by atoms with E-state index in [9.17, 15) is 13.2 Å². The molecule has 15 heavy (non-hydrogen) atoms. The monoisotopic (exact) mass is 239 g/mol. The van der Waals surface area contributed by atoms with E-state index >= 15 is 0 Å². The summed E-state index contributed by atoms with van der Waals surface area (Å²) >= 11 is 0. The second-order valence-corrected chi connectivity index (χ2v) is 3.42. The quantitative estimate of drug-likeness (QED) is 0.814. The van der Waals surface area contributed by atoms with Crippen molar-refractivity contribution in [1.82, 2.24) is 9.97 Å². The average Bonchev–Trinajstić information content (AvgIpc) is 2.84. The van der Waals surface area contributed by atoms with Crippen LogP contribution < -0.4 is 5.73 Å². The smallest absolute Gasteiger partial charge is 0.319 e. The first kappa shape index (κ1) is 12.2. The molecule has 1 heterocycles. The van der Waals surface area contributed by atoms with Gasteiger partial charge in [-0.1, -0.05) is 0 Å². The van der Waals surface area contributed by atoms with Crippen LogP contribution in [0.5, 0.6) is 0 Å². The summed E-state index contributed by atoms with van der Waals surface area (Å²) in [5.74, 6) is 0.0901. The van der Waals surface area contributed by atoms with E-state index in [1.807, 2.05) is 0 Å². The molecule has 2 rings (SSSR count). The van der Waals surface area contributed by atoms with Gasteiger partial charge in [-0.3, -0.25) is 0 Å². The highest BCUT2D eigenvalue weighted by Gasteiger charge is 2.44. The highest BCUT2D eigenvalue weighted by molar-refractivity contribution is 5.85. The van der Waals surface area contributed by atoms with Crippen molar-refractivity contribution < 1.29 is 13.2 Å². The molecule has 0 spiro atoms. The van der Waals surface area contributed by atoms with E-state index in [-0.39, 0.29) is 18.2 Å². The molecule has 0 bridgehead atoms. The summed E-state index contributed by atoms with van der Waals surface area (Å²) in [6, 6.07) is 0.842. The first-order chi connectivity index (χ1) is 6.42. The fraction of sp³-hybridized carbons (Fsp3) is 0.500. The molecule has 1 aromatic heterocycles. The second-order valence-electron chi connectivity index (χ2n) is 3.42. The number of nitrogens with zero attached hydrogens (tertiary/aromatic N) is 2. The first-order valence-corrected chi connectivity index (χ1v) is 4.11. The Morgan fingerprint density at radius 1 is 1.33 bits per heavy atom. The van der Waals surface area contributed by atoms with Gasteiger partial charge in [0.05, 0.1) is 5.54 Å². The lowest BCUT2D eigenvalue weighted by Crippen LogP contribution is -2.23. The van der Waals surface area contributed by atoms with Gasteiger partial charge in [-0.15, -0.1) is 12.4 Å². The van der Waals surface area contributed by atoms with E-state index < -0.39 is 17.4 Å². The van der Waals surface area contributed by atoms with Crippen LogP contribution in [0.1, 0.15) is 24.4 Å². The van der Waals surface area contributed by atoms with Gasteiger partial charge < -0.3 is 5.73 Å². The van der Waals surface area contributed by atoms with Gasteiger partial charge in [0.25, 0.3) is 0 Å². The summed E-state index contributed by atoms with van der Waals surface area (Å²) in [7, 11) is 0. The van der Waals surface area contributed by atoms with Gasteiger partial charge >= 0.3 is 6.18 Å². The molecule has 0 saturated heterocycles. The molecule has 0 aromatic carbocycles. The van der Waals surface area contributed by atoms with Crippen molar-refractivity contribution in [2.75, 3.05) is 0 Å². The van der Waals surface area contributed by atoms with Crippen LogP contribution in [0, 0.1) is 0 Å². The molecule has 1 aromatic rings. The summed E-state index contributed by atoms with van der Waals surface area (Å²) in [6.45, 7) is 0. The summed E-state index contributed by atoms with van der Waals surface area (Å²) in [5.41, 5.74) is 4.04. The standard InChI is InChI=1S/C8H8F3N3.ClH/c9-8(10,11)5-1-4-13-6(14-5)7(12)2-3-7;/h1,4H,2-3,12H2;1H. The van der Waals surface area contributed by atoms with Crippen molar-refractivity contribution in [3.63, 3.8) is 0 Å². The lowest BCUT2D eigenvalue weighted by Gasteiger charge is -2.10. The van der Waals surface area contributed by atoms with E-state index in [1.165, 1.54) is 0 Å². The lowest BCUT2D eigenvalue weighted by molar-refractivity contribution is -0.141. The fourth-order valence-corrected chi connectivity index (χ4v) is 1.11. The second kappa shape index (κ2) is 3.61. The number of aromatic nitrogens is 2. The Labute approximate surface area is 90.3 Å². The third kappa shape index (κ3) is 2.38. The molecule has 0 atom stereocenters. The minimum absolute atomic E-state index is 0. The minimum atomic E-state index is -4.43. The van der Waals surface area contributed by atoms with Crippen molar-refractivity contribution >= 4 is 12.4 Å². The molecular formula is C8H9ClF3N3. The Morgan fingerprint density at radius 2 is 1.93 bits per heavy atom. The zero-order valence-corrected chi connectivity index (χ0v) is 8.40. The van der Waals surface area contributed by atoms with Crippen LogP contribution in [0.4, 0.5) is 13.2 Å². The number of halogens is 4. The van der Waals surface area contributed by atoms with Gasteiger partial charge in [-0.2, -0.15) is 13.2 Å². The molecule has 2 N–H and O–H groups in total. The van der Waals surface area contributed by atoms with Gasteiger partial charge in [-0.05, 0) is 18.9 Å². The topological polar surface area (TPSA) is 51.8 Å². The van der Waals surface area contributed by atoms with Crippen LogP contribution in [-0.2, 0) is 11.7 Å². The van der Waals surface area contributed by atoms with E-state index in [2.05, 4.69) is 9.97 Å². The van der Waals surface area contributed by atoms with E-state index in [0.29, 0.717) is 12.8 Å². The Morgan fingerprint density at radius 3 is 2.40 bits per heavy atom. The number of alkyl halides is 3. The van der Waals surface area contributed by atoms with Crippen molar-refractivity contribution in [2.24, 2.45) is 5.73 Å². The molecular weight excluding hydrogens is 231 g/mol. The lowest BCUT2D eigenvalue weighted by atomic mass is 10.2. The molecule has 84 valence electrons. The van der Waals surface area contributed by atoms with Gasteiger partial charge in [0.2, 0.25) is 0 Å². The first-order valence-electron chi connectivity index (χ1n) is 4.11. The Balaban J connectivity index is 0.00000112. The maximum Gasteiger partial charge on any atom is 0.433 e. The summed E-state index contributed by atoms with van der Waals surface area (Å²) in [4.78, 5) is 7.17. The van der Waals surface area contributed by atoms with E-state index in [1.54, 1.807) is 0 Å². The van der Waals surface area contributed by atoms with Gasteiger partial charge in [0.1, 0.15) is 11.5 Å². The molecule has 0 aliphatic heterocycles. The molecule has 1 fully saturated rings. The van der Waals surface area contributed by atoms with Crippen LogP contribution in [0.2, 0.25) is 0 Å². The van der Waals surface area contributed by atoms with Crippen LogP contribution in [-0.4, -0.2) is 9.97 Å². The molecule has 1 aliphatic rings. The molecule has 0 amide bonds. The number of hydrogen-bond acceptors (Lipinski definition) is 3. The number of nitrogens with two attached hydrogens (primary N) is 1. The van der Waals surface area contributed by atoms with Crippen molar-refractivity contribution in [3.8, 4) is 0 Å². The van der Waals surface area contributed by atoms with Crippen molar-refractivity contribution in [1.29, 1.82) is 0 Å². The van der Waals surface area contributed by atoms with Crippen molar-refractivity contribution in [2.45, 2.75) is 24.6 Å². The van der Waals surface area contributed by atoms with Crippen LogP contribution >= 0.6 is 12.4 Å². The SMILES string of the molecule is Cl.NC1(c2nccc(C(F)(F)F)n2)CC1. The number of rotatable bonds is 1. The van der Waals surface area contributed by atoms with E-state index in [0.717, 1.165) is 12.3 Å². The van der Waals surface area contributed by atoms with E-state index in [4.69, 9.17) is 5.73 Å². The van der Waals surface area contributed by atoms with Crippen LogP contribution in [0.25, 0.3) is 0 Å². The minimum Gasteiger partial charge on any atom is -0.319 e. The highest BCUT2D eigenvalue weighted by atomic mass is 35.5. The normalized spacial score (nSPS) is 18.1. The largest absolute Gasteiger partial charge is 0.433 e. The predicted molar refractivity (Wildman–Crippen MR) is 49.4 cm³/mol. The Kier molecular flexibility index (Phi) is 2.93. The molecule has 1 aliphatic carbocycles. The Hall–Kier alpha value is -0.880. The summed E-state index contributed by atoms with van der Waals surface area (Å²) < 4.78 is 36.7. The third-order valence-electron chi connectivity index (χ3n) is 2.18. The molecule has 7 heteroatoms. The maximum atomic E-state index is 12.2. The molecule has 0 unspecified atom stereocenters. The van der Waals surface area contributed by atoms with Crippen molar-refractivity contribution in [3.05, 3.63) is 23.8 Å². The Bertz CT molecular complexity index is 342.